The Morgan fingerprint density at radius 2 is 1.90 bits per heavy atom. The number of hydrogen-bond donors (Lipinski definition) is 1. The van der Waals surface area contributed by atoms with Crippen LogP contribution in [0.3, 0.4) is 0 Å². The van der Waals surface area contributed by atoms with E-state index in [9.17, 15) is 4.79 Å². The average Bonchev–Trinajstić information content (AvgIpc) is 2.50. The Labute approximate surface area is 134 Å². The van der Waals surface area contributed by atoms with Crippen molar-refractivity contribution in [2.75, 3.05) is 5.32 Å². The van der Waals surface area contributed by atoms with E-state index in [1.807, 2.05) is 50.2 Å². The number of anilines is 1. The van der Waals surface area contributed by atoms with Gasteiger partial charge in [-0.3, -0.25) is 4.79 Å². The molecular weight excluding hydrogens is 302 g/mol. The Morgan fingerprint density at radius 1 is 1.19 bits per heavy atom. The van der Waals surface area contributed by atoms with Gasteiger partial charge in [0, 0.05) is 16.5 Å². The largest absolute Gasteiger partial charge is 0.325 e. The summed E-state index contributed by atoms with van der Waals surface area (Å²) < 4.78 is 0. The molecule has 1 atom stereocenters. The minimum Gasteiger partial charge on any atom is -0.325 e. The maximum Gasteiger partial charge on any atom is 0.237 e. The van der Waals surface area contributed by atoms with Crippen molar-refractivity contribution in [1.29, 1.82) is 0 Å². The van der Waals surface area contributed by atoms with Crippen molar-refractivity contribution >= 4 is 35.0 Å². The van der Waals surface area contributed by atoms with Crippen molar-refractivity contribution in [3.63, 3.8) is 0 Å². The first-order chi connectivity index (χ1) is 10.1. The molecule has 0 heterocycles. The molecule has 0 bridgehead atoms. The van der Waals surface area contributed by atoms with Crippen LogP contribution in [0.15, 0.2) is 48.5 Å². The molecule has 0 aliphatic carbocycles. The van der Waals surface area contributed by atoms with Crippen LogP contribution >= 0.6 is 23.4 Å². The van der Waals surface area contributed by atoms with E-state index in [4.69, 9.17) is 11.6 Å². The highest BCUT2D eigenvalue weighted by atomic mass is 35.5. The molecule has 0 fully saturated rings. The molecule has 0 unspecified atom stereocenters. The van der Waals surface area contributed by atoms with Crippen LogP contribution in [0.4, 0.5) is 5.69 Å². The summed E-state index contributed by atoms with van der Waals surface area (Å²) in [5, 5.41) is 3.49. The zero-order chi connectivity index (χ0) is 15.2. The molecule has 2 aromatic carbocycles. The second-order valence-electron chi connectivity index (χ2n) is 4.84. The minimum atomic E-state index is -0.122. The number of carbonyl (C=O) groups is 1. The molecule has 0 aliphatic rings. The normalized spacial score (nSPS) is 12.0. The number of halogens is 1. The third kappa shape index (κ3) is 4.51. The van der Waals surface area contributed by atoms with Crippen LogP contribution in [0.25, 0.3) is 0 Å². The first-order valence-corrected chi connectivity index (χ1v) is 8.22. The number of thioether (sulfide) groups is 1. The Kier molecular flexibility index (Phi) is 5.71. The van der Waals surface area contributed by atoms with Gasteiger partial charge in [-0.15, -0.1) is 11.8 Å². The lowest BCUT2D eigenvalue weighted by Gasteiger charge is -2.14. The Morgan fingerprint density at radius 3 is 2.62 bits per heavy atom. The monoisotopic (exact) mass is 319 g/mol. The first kappa shape index (κ1) is 15.9. The number of benzene rings is 2. The second-order valence-corrected chi connectivity index (χ2v) is 6.58. The molecule has 2 nitrogen and oxygen atoms in total. The molecule has 2 rings (SSSR count). The summed E-state index contributed by atoms with van der Waals surface area (Å²) in [5.41, 5.74) is 2.90. The lowest BCUT2D eigenvalue weighted by molar-refractivity contribution is -0.115. The van der Waals surface area contributed by atoms with Gasteiger partial charge in [0.15, 0.2) is 0 Å². The molecule has 21 heavy (non-hydrogen) atoms. The van der Waals surface area contributed by atoms with Gasteiger partial charge in [-0.25, -0.2) is 0 Å². The second kappa shape index (κ2) is 7.53. The van der Waals surface area contributed by atoms with Crippen molar-refractivity contribution < 1.29 is 4.79 Å². The molecule has 0 aliphatic heterocycles. The molecule has 0 aromatic heterocycles. The van der Waals surface area contributed by atoms with Crippen LogP contribution in [0.1, 0.15) is 18.1 Å². The molecule has 1 amide bonds. The van der Waals surface area contributed by atoms with E-state index in [-0.39, 0.29) is 11.2 Å². The van der Waals surface area contributed by atoms with E-state index < -0.39 is 0 Å². The molecular formula is C17H18ClNOS. The van der Waals surface area contributed by atoms with E-state index in [2.05, 4.69) is 17.4 Å². The third-order valence-corrected chi connectivity index (χ3v) is 4.86. The predicted octanol–water partition coefficient (Wildman–Crippen LogP) is 4.91. The summed E-state index contributed by atoms with van der Waals surface area (Å²) in [7, 11) is 0. The summed E-state index contributed by atoms with van der Waals surface area (Å²) in [5.74, 6) is 0.825. The van der Waals surface area contributed by atoms with Crippen LogP contribution in [0.5, 0.6) is 0 Å². The zero-order valence-electron chi connectivity index (χ0n) is 12.1. The number of hydrogen-bond acceptors (Lipinski definition) is 2. The van der Waals surface area contributed by atoms with Gasteiger partial charge in [-0.05, 0) is 37.1 Å². The first-order valence-electron chi connectivity index (χ1n) is 6.79. The predicted molar refractivity (Wildman–Crippen MR) is 92.0 cm³/mol. The summed E-state index contributed by atoms with van der Waals surface area (Å²) >= 11 is 7.68. The van der Waals surface area contributed by atoms with E-state index >= 15 is 0 Å². The summed E-state index contributed by atoms with van der Waals surface area (Å²) in [6.45, 7) is 3.82. The van der Waals surface area contributed by atoms with Crippen molar-refractivity contribution in [3.05, 3.63) is 64.7 Å². The molecule has 110 valence electrons. The molecule has 4 heteroatoms. The van der Waals surface area contributed by atoms with Crippen LogP contribution in [0.2, 0.25) is 5.02 Å². The van der Waals surface area contributed by atoms with E-state index in [1.165, 1.54) is 5.56 Å². The molecule has 2 aromatic rings. The van der Waals surface area contributed by atoms with Gasteiger partial charge in [0.05, 0.1) is 5.25 Å². The molecule has 0 saturated carbocycles. The third-order valence-electron chi connectivity index (χ3n) is 3.24. The van der Waals surface area contributed by atoms with Gasteiger partial charge in [-0.2, -0.15) is 0 Å². The maximum atomic E-state index is 12.2. The Balaban J connectivity index is 1.92. The van der Waals surface area contributed by atoms with Crippen molar-refractivity contribution in [3.8, 4) is 0 Å². The highest BCUT2D eigenvalue weighted by molar-refractivity contribution is 7.99. The fourth-order valence-corrected chi connectivity index (χ4v) is 2.87. The summed E-state index contributed by atoms with van der Waals surface area (Å²) in [4.78, 5) is 12.2. The van der Waals surface area contributed by atoms with Crippen LogP contribution in [0, 0.1) is 6.92 Å². The van der Waals surface area contributed by atoms with Crippen LogP contribution in [-0.4, -0.2) is 11.2 Å². The van der Waals surface area contributed by atoms with Gasteiger partial charge >= 0.3 is 0 Å². The average molecular weight is 320 g/mol. The van der Waals surface area contributed by atoms with E-state index in [0.29, 0.717) is 5.02 Å². The van der Waals surface area contributed by atoms with Crippen LogP contribution in [-0.2, 0) is 10.5 Å². The summed E-state index contributed by atoms with van der Waals surface area (Å²) in [6.07, 6.45) is 0. The number of amides is 1. The van der Waals surface area contributed by atoms with Gasteiger partial charge in [-0.1, -0.05) is 48.0 Å². The smallest absolute Gasteiger partial charge is 0.237 e. The standard InChI is InChI=1S/C17H18ClNOS/c1-12-15(18)9-6-10-16(12)19-17(20)13(2)21-11-14-7-4-3-5-8-14/h3-10,13H,11H2,1-2H3,(H,19,20)/t13-/m1/s1. The lowest BCUT2D eigenvalue weighted by Crippen LogP contribution is -2.23. The Hall–Kier alpha value is -1.45. The lowest BCUT2D eigenvalue weighted by atomic mass is 10.2. The molecule has 0 saturated heterocycles. The van der Waals surface area contributed by atoms with Crippen molar-refractivity contribution in [1.82, 2.24) is 0 Å². The quantitative estimate of drug-likeness (QED) is 0.848. The zero-order valence-corrected chi connectivity index (χ0v) is 13.7. The molecule has 0 radical (unpaired) electrons. The van der Waals surface area contributed by atoms with E-state index in [0.717, 1.165) is 17.0 Å². The highest BCUT2D eigenvalue weighted by Gasteiger charge is 2.15. The SMILES string of the molecule is Cc1c(Cl)cccc1NC(=O)[C@@H](C)SCc1ccccc1. The number of rotatable bonds is 5. The number of nitrogens with one attached hydrogen (secondary N) is 1. The maximum absolute atomic E-state index is 12.2. The molecule has 1 N–H and O–H groups in total. The van der Waals surface area contributed by atoms with Crippen LogP contribution < -0.4 is 5.32 Å². The fraction of sp³-hybridized carbons (Fsp3) is 0.235. The molecule has 0 spiro atoms. The topological polar surface area (TPSA) is 29.1 Å². The Bertz CT molecular complexity index is 615. The highest BCUT2D eigenvalue weighted by Crippen LogP contribution is 2.24. The van der Waals surface area contributed by atoms with Gasteiger partial charge in [0.1, 0.15) is 0 Å². The minimum absolute atomic E-state index is 0.00120. The van der Waals surface area contributed by atoms with Gasteiger partial charge < -0.3 is 5.32 Å². The van der Waals surface area contributed by atoms with Gasteiger partial charge in [0.25, 0.3) is 0 Å². The van der Waals surface area contributed by atoms with E-state index in [1.54, 1.807) is 11.8 Å². The van der Waals surface area contributed by atoms with Crippen molar-refractivity contribution in [2.45, 2.75) is 24.9 Å². The number of carbonyl (C=O) groups excluding carboxylic acids is 1. The summed E-state index contributed by atoms with van der Waals surface area (Å²) in [6, 6.07) is 15.7. The van der Waals surface area contributed by atoms with Gasteiger partial charge in [0.2, 0.25) is 5.91 Å². The van der Waals surface area contributed by atoms with Crippen molar-refractivity contribution in [2.24, 2.45) is 0 Å². The fourth-order valence-electron chi connectivity index (χ4n) is 1.85.